The van der Waals surface area contributed by atoms with Gasteiger partial charge >= 0.3 is 17.9 Å². The summed E-state index contributed by atoms with van der Waals surface area (Å²) in [4.78, 5) is 56.2. The lowest BCUT2D eigenvalue weighted by atomic mass is 10.1. The molecule has 0 fully saturated rings. The molecule has 0 aliphatic carbocycles. The van der Waals surface area contributed by atoms with Crippen LogP contribution in [0.4, 0.5) is 11.4 Å². The predicted molar refractivity (Wildman–Crippen MR) is 121 cm³/mol. The van der Waals surface area contributed by atoms with Crippen molar-refractivity contribution in [2.24, 2.45) is 0 Å². The van der Waals surface area contributed by atoms with Crippen LogP contribution in [0.3, 0.4) is 0 Å². The molecular formula is C23H23N3O11. The molecule has 3 atom stereocenters. The molecule has 2 heterocycles. The highest BCUT2D eigenvalue weighted by Gasteiger charge is 2.37. The Kier molecular flexibility index (Phi) is 8.12. The Bertz CT molecular complexity index is 1230. The van der Waals surface area contributed by atoms with Gasteiger partial charge in [-0.2, -0.15) is 4.58 Å². The van der Waals surface area contributed by atoms with Gasteiger partial charge in [-0.25, -0.2) is 9.59 Å². The summed E-state index contributed by atoms with van der Waals surface area (Å²) >= 11 is 0. The third-order valence-electron chi connectivity index (χ3n) is 5.74. The van der Waals surface area contributed by atoms with Crippen molar-refractivity contribution in [3.8, 4) is 5.75 Å². The summed E-state index contributed by atoms with van der Waals surface area (Å²) in [6, 6.07) is 0.0855. The zero-order valence-electron chi connectivity index (χ0n) is 19.1. The van der Waals surface area contributed by atoms with Crippen molar-refractivity contribution in [3.05, 3.63) is 41.1 Å². The molecule has 0 bridgehead atoms. The Labute approximate surface area is 208 Å². The zero-order chi connectivity index (χ0) is 27.3. The van der Waals surface area contributed by atoms with E-state index < -0.39 is 54.4 Å². The molecule has 0 radical (unpaired) electrons. The highest BCUT2D eigenvalue weighted by Crippen LogP contribution is 2.38. The number of phenols is 1. The van der Waals surface area contributed by atoms with Crippen molar-refractivity contribution in [1.82, 2.24) is 5.32 Å². The van der Waals surface area contributed by atoms with E-state index in [4.69, 9.17) is 9.84 Å². The van der Waals surface area contributed by atoms with Gasteiger partial charge in [-0.3, -0.25) is 9.59 Å². The lowest BCUT2D eigenvalue weighted by Crippen LogP contribution is -2.40. The van der Waals surface area contributed by atoms with Crippen molar-refractivity contribution in [2.45, 2.75) is 44.0 Å². The van der Waals surface area contributed by atoms with E-state index in [0.717, 1.165) is 0 Å². The number of fused-ring (bicyclic) bond motifs is 1. The van der Waals surface area contributed by atoms with E-state index >= 15 is 0 Å². The van der Waals surface area contributed by atoms with E-state index in [9.17, 15) is 44.4 Å². The summed E-state index contributed by atoms with van der Waals surface area (Å²) in [5.41, 5.74) is 0.860. The van der Waals surface area contributed by atoms with Crippen LogP contribution in [0.1, 0.15) is 24.8 Å². The number of hydrogen-bond donors (Lipinski definition) is 6. The molecule has 0 saturated heterocycles. The largest absolute Gasteiger partial charge is 0.543 e. The number of carboxylic acids is 4. The van der Waals surface area contributed by atoms with Crippen molar-refractivity contribution < 1.29 is 58.8 Å². The van der Waals surface area contributed by atoms with Gasteiger partial charge in [-0.05, 0) is 24.1 Å². The molecule has 0 amide bonds. The molecule has 1 unspecified atom stereocenters. The molecule has 0 saturated carbocycles. The van der Waals surface area contributed by atoms with Crippen LogP contribution in [0, 0.1) is 0 Å². The van der Waals surface area contributed by atoms with E-state index in [1.165, 1.54) is 35.1 Å². The second-order valence-corrected chi connectivity index (χ2v) is 8.24. The minimum Gasteiger partial charge on any atom is -0.543 e. The van der Waals surface area contributed by atoms with Crippen molar-refractivity contribution >= 4 is 47.9 Å². The molecule has 14 nitrogen and oxygen atoms in total. The monoisotopic (exact) mass is 517 g/mol. The summed E-state index contributed by atoms with van der Waals surface area (Å²) in [7, 11) is 0. The number of carbonyl (C=O) groups excluding carboxylic acids is 2. The molecule has 1 aromatic rings. The standard InChI is InChI=1S/C23H23N3O11/c27-10-37-19-6-11(5-15(25-19)22(33)34)3-4-26-16-9-18(28)14(7-12(16)8-17(26)23(35)36)24-13(21(31)32)1-2-20(29)30/h3-5,7,9-10,13,17,19,24H,1-2,6,8H2,(H5,28,29,30,31,32,33,34,35,36)/t13-,17-,19?/m0/s1. The van der Waals surface area contributed by atoms with Gasteiger partial charge in [0.25, 0.3) is 6.47 Å². The molecule has 37 heavy (non-hydrogen) atoms. The number of aromatic hydroxyl groups is 1. The summed E-state index contributed by atoms with van der Waals surface area (Å²) in [6.45, 7) is 0.164. The van der Waals surface area contributed by atoms with Gasteiger partial charge in [0.15, 0.2) is 12.4 Å². The van der Waals surface area contributed by atoms with Crippen molar-refractivity contribution in [2.75, 3.05) is 5.32 Å². The van der Waals surface area contributed by atoms with Gasteiger partial charge < -0.3 is 45.7 Å². The van der Waals surface area contributed by atoms with E-state index in [1.54, 1.807) is 0 Å². The van der Waals surface area contributed by atoms with E-state index in [0.29, 0.717) is 11.1 Å². The number of ether oxygens (including phenoxy) is 1. The Hall–Kier alpha value is -4.88. The van der Waals surface area contributed by atoms with Crippen LogP contribution in [0.25, 0.3) is 0 Å². The van der Waals surface area contributed by atoms with E-state index in [2.05, 4.69) is 10.6 Å². The Morgan fingerprint density at radius 1 is 1.22 bits per heavy atom. The molecule has 0 spiro atoms. The average Bonchev–Trinajstić information content (AvgIpc) is 3.17. The molecule has 14 heteroatoms. The summed E-state index contributed by atoms with van der Waals surface area (Å²) in [6.07, 6.45) is 2.49. The van der Waals surface area contributed by atoms with Gasteiger partial charge in [0.1, 0.15) is 23.5 Å². The first-order valence-electron chi connectivity index (χ1n) is 10.9. The third kappa shape index (κ3) is 6.42. The van der Waals surface area contributed by atoms with Gasteiger partial charge in [0, 0.05) is 30.9 Å². The highest BCUT2D eigenvalue weighted by atomic mass is 16.5. The number of nitrogens with one attached hydrogen (secondary N) is 2. The number of rotatable bonds is 11. The topological polar surface area (TPSA) is 226 Å². The van der Waals surface area contributed by atoms with Gasteiger partial charge in [0.05, 0.1) is 11.8 Å². The van der Waals surface area contributed by atoms with E-state index in [-0.39, 0.29) is 42.8 Å². The number of hydrogen-bond acceptors (Lipinski definition) is 10. The fourth-order valence-electron chi connectivity index (χ4n) is 4.00. The number of allylic oxidation sites excluding steroid dienone is 2. The number of carbonyl (C=O) groups is 5. The van der Waals surface area contributed by atoms with Crippen molar-refractivity contribution in [3.63, 3.8) is 0 Å². The number of aliphatic carboxylic acids is 4. The maximum atomic E-state index is 11.8. The van der Waals surface area contributed by atoms with Crippen LogP contribution in [0.15, 0.2) is 35.6 Å². The van der Waals surface area contributed by atoms with Crippen LogP contribution in [0.5, 0.6) is 5.75 Å². The Morgan fingerprint density at radius 2 is 1.95 bits per heavy atom. The predicted octanol–water partition coefficient (Wildman–Crippen LogP) is -1.10. The minimum absolute atomic E-state index is 0.0184. The Morgan fingerprint density at radius 3 is 2.54 bits per heavy atom. The second-order valence-electron chi connectivity index (χ2n) is 8.24. The first-order chi connectivity index (χ1) is 17.5. The number of phenolic OH excluding ortho intramolecular Hbond substituents is 1. The van der Waals surface area contributed by atoms with Crippen LogP contribution in [-0.4, -0.2) is 79.9 Å². The maximum Gasteiger partial charge on any atom is 0.352 e. The maximum absolute atomic E-state index is 11.8. The number of carboxylic acid groups (broad SMARTS) is 4. The molecule has 0 aromatic heterocycles. The Balaban J connectivity index is 1.96. The first kappa shape index (κ1) is 26.7. The molecule has 2 aliphatic rings. The average molecular weight is 517 g/mol. The molecule has 196 valence electrons. The van der Waals surface area contributed by atoms with Crippen molar-refractivity contribution in [1.29, 1.82) is 0 Å². The van der Waals surface area contributed by atoms with Gasteiger partial charge in [0.2, 0.25) is 11.7 Å². The highest BCUT2D eigenvalue weighted by molar-refractivity contribution is 5.87. The fourth-order valence-corrected chi connectivity index (χ4v) is 4.00. The summed E-state index contributed by atoms with van der Waals surface area (Å²) in [5.74, 6) is -5.65. The molecule has 3 rings (SSSR count). The van der Waals surface area contributed by atoms with E-state index in [1.807, 2.05) is 0 Å². The normalized spacial score (nSPS) is 21.4. The van der Waals surface area contributed by atoms with Crippen LogP contribution >= 0.6 is 0 Å². The number of benzene rings is 1. The molecule has 1 aromatic carbocycles. The SMILES string of the molecule is O=COC1C/C(=C\C=[N+]2c3cc(O)c(N[C@@H](CCC(=O)O)C(=O)O)cc3C[C@H]2C(=O)[O-])C=C(C(=O)O)N1. The minimum atomic E-state index is -1.43. The second kappa shape index (κ2) is 11.2. The zero-order valence-corrected chi connectivity index (χ0v) is 19.1. The summed E-state index contributed by atoms with van der Waals surface area (Å²) < 4.78 is 6.10. The quantitative estimate of drug-likeness (QED) is 0.117. The number of anilines is 1. The smallest absolute Gasteiger partial charge is 0.352 e. The third-order valence-corrected chi connectivity index (χ3v) is 5.74. The van der Waals surface area contributed by atoms with Crippen LogP contribution in [0.2, 0.25) is 0 Å². The van der Waals surface area contributed by atoms with Gasteiger partial charge in [-0.15, -0.1) is 0 Å². The molecular weight excluding hydrogens is 494 g/mol. The van der Waals surface area contributed by atoms with Crippen LogP contribution in [-0.2, 0) is 35.1 Å². The lowest BCUT2D eigenvalue weighted by molar-refractivity contribution is -0.475. The molecule has 2 aliphatic heterocycles. The molecule has 6 N–H and O–H groups in total. The van der Waals surface area contributed by atoms with Gasteiger partial charge in [-0.1, -0.05) is 0 Å². The lowest BCUT2D eigenvalue weighted by Gasteiger charge is -2.23. The first-order valence-corrected chi connectivity index (χ1v) is 10.9. The van der Waals surface area contributed by atoms with Crippen LogP contribution < -0.4 is 15.7 Å². The number of nitrogens with zero attached hydrogens (tertiary/aromatic N) is 1. The summed E-state index contributed by atoms with van der Waals surface area (Å²) in [5, 5.41) is 54.9. The fraction of sp³-hybridized carbons (Fsp3) is 0.304.